The van der Waals surface area contributed by atoms with Gasteiger partial charge in [-0.1, -0.05) is 59.3 Å². The number of rotatable bonds is 7. The van der Waals surface area contributed by atoms with Crippen molar-refractivity contribution in [2.45, 2.75) is 13.8 Å². The van der Waals surface area contributed by atoms with Crippen molar-refractivity contribution in [1.82, 2.24) is 4.90 Å². The Balaban J connectivity index is 2.35. The van der Waals surface area contributed by atoms with Crippen molar-refractivity contribution in [2.75, 3.05) is 18.8 Å². The van der Waals surface area contributed by atoms with Crippen LogP contribution in [0.3, 0.4) is 0 Å². The zero-order valence-corrected chi connectivity index (χ0v) is 18.2. The molecule has 0 N–H and O–H groups in total. The van der Waals surface area contributed by atoms with Gasteiger partial charge in [0.15, 0.2) is 0 Å². The van der Waals surface area contributed by atoms with Crippen LogP contribution in [-0.2, 0) is 16.6 Å². The highest BCUT2D eigenvalue weighted by atomic mass is 35.5. The second-order valence-corrected chi connectivity index (χ2v) is 13.7. The van der Waals surface area contributed by atoms with Gasteiger partial charge in [0.05, 0.1) is 11.0 Å². The lowest BCUT2D eigenvalue weighted by molar-refractivity contribution is -0.127. The Morgan fingerprint density at radius 2 is 1.36 bits per heavy atom. The maximum Gasteiger partial charge on any atom is 0.232 e. The summed E-state index contributed by atoms with van der Waals surface area (Å²) in [6, 6.07) is 15.3. The summed E-state index contributed by atoms with van der Waals surface area (Å²) >= 11 is 19.7. The standard InChI is InChI=1S/C18H20Cl2NOPS2/c1-3-21(4-2)18(22)13-25-23(24,16-9-5-14(19)6-10-16)17-11-7-15(20)8-12-17/h5-12H,3-4,13H2,1-2H3. The van der Waals surface area contributed by atoms with E-state index in [1.807, 2.05) is 67.3 Å². The third-order valence-corrected chi connectivity index (χ3v) is 12.0. The van der Waals surface area contributed by atoms with E-state index >= 15 is 0 Å². The highest BCUT2D eigenvalue weighted by Gasteiger charge is 2.25. The van der Waals surface area contributed by atoms with Crippen LogP contribution in [0.5, 0.6) is 0 Å². The molecule has 2 aromatic rings. The number of nitrogens with zero attached hydrogens (tertiary/aromatic N) is 1. The first kappa shape index (κ1) is 20.8. The molecule has 0 aliphatic heterocycles. The molecule has 0 aliphatic rings. The summed E-state index contributed by atoms with van der Waals surface area (Å²) in [4.78, 5) is 14.3. The number of benzene rings is 2. The van der Waals surface area contributed by atoms with E-state index in [1.54, 1.807) is 11.4 Å². The lowest BCUT2D eigenvalue weighted by Gasteiger charge is -2.25. The number of amides is 1. The molecular weight excluding hydrogens is 412 g/mol. The molecule has 0 heterocycles. The maximum absolute atomic E-state index is 12.5. The number of carbonyl (C=O) groups is 1. The van der Waals surface area contributed by atoms with Gasteiger partial charge in [-0.25, -0.2) is 0 Å². The molecule has 0 fully saturated rings. The Bertz CT molecular complexity index is 712. The molecule has 1 amide bonds. The van der Waals surface area contributed by atoms with Crippen LogP contribution < -0.4 is 10.6 Å². The molecule has 25 heavy (non-hydrogen) atoms. The largest absolute Gasteiger partial charge is 0.343 e. The zero-order chi connectivity index (χ0) is 18.4. The Morgan fingerprint density at radius 3 is 1.72 bits per heavy atom. The second-order valence-electron chi connectivity index (χ2n) is 5.34. The van der Waals surface area contributed by atoms with E-state index in [1.165, 1.54) is 0 Å². The molecule has 0 radical (unpaired) electrons. The van der Waals surface area contributed by atoms with E-state index in [0.717, 1.165) is 10.6 Å². The third kappa shape index (κ3) is 5.24. The minimum absolute atomic E-state index is 0.118. The van der Waals surface area contributed by atoms with Crippen molar-refractivity contribution >= 4 is 68.1 Å². The first-order valence-corrected chi connectivity index (χ1v) is 13.1. The highest BCUT2D eigenvalue weighted by molar-refractivity contribution is 8.75. The number of hydrogen-bond donors (Lipinski definition) is 0. The molecule has 0 saturated carbocycles. The fourth-order valence-corrected chi connectivity index (χ4v) is 8.50. The average molecular weight is 432 g/mol. The molecule has 0 spiro atoms. The third-order valence-electron chi connectivity index (χ3n) is 3.82. The van der Waals surface area contributed by atoms with Gasteiger partial charge in [0.1, 0.15) is 0 Å². The molecule has 0 unspecified atom stereocenters. The van der Waals surface area contributed by atoms with E-state index in [9.17, 15) is 4.79 Å². The van der Waals surface area contributed by atoms with Gasteiger partial charge in [0.2, 0.25) is 5.91 Å². The van der Waals surface area contributed by atoms with Gasteiger partial charge in [0.25, 0.3) is 0 Å². The van der Waals surface area contributed by atoms with Gasteiger partial charge >= 0.3 is 0 Å². The van der Waals surface area contributed by atoms with Crippen LogP contribution in [0.2, 0.25) is 10.0 Å². The van der Waals surface area contributed by atoms with Crippen LogP contribution in [0.1, 0.15) is 13.8 Å². The van der Waals surface area contributed by atoms with Crippen LogP contribution in [0.15, 0.2) is 48.5 Å². The van der Waals surface area contributed by atoms with Crippen molar-refractivity contribution in [3.63, 3.8) is 0 Å². The van der Waals surface area contributed by atoms with E-state index < -0.39 is 5.24 Å². The predicted molar refractivity (Wildman–Crippen MR) is 117 cm³/mol. The van der Waals surface area contributed by atoms with Crippen molar-refractivity contribution < 1.29 is 4.79 Å². The van der Waals surface area contributed by atoms with Gasteiger partial charge in [-0.3, -0.25) is 4.79 Å². The molecule has 0 atom stereocenters. The lowest BCUT2D eigenvalue weighted by atomic mass is 10.4. The first-order chi connectivity index (χ1) is 11.9. The van der Waals surface area contributed by atoms with Gasteiger partial charge in [0, 0.05) is 23.1 Å². The van der Waals surface area contributed by atoms with Crippen LogP contribution in [0.25, 0.3) is 0 Å². The van der Waals surface area contributed by atoms with Crippen LogP contribution in [-0.4, -0.2) is 29.6 Å². The molecule has 0 aromatic heterocycles. The smallest absolute Gasteiger partial charge is 0.232 e. The monoisotopic (exact) mass is 431 g/mol. The van der Waals surface area contributed by atoms with Crippen LogP contribution in [0, 0.1) is 0 Å². The Kier molecular flexibility index (Phi) is 7.85. The topological polar surface area (TPSA) is 20.3 Å². The minimum atomic E-state index is -2.19. The molecule has 0 aliphatic carbocycles. The Labute approximate surface area is 168 Å². The van der Waals surface area contributed by atoms with Crippen LogP contribution in [0.4, 0.5) is 0 Å². The zero-order valence-electron chi connectivity index (χ0n) is 14.1. The molecule has 2 aromatic carbocycles. The predicted octanol–water partition coefficient (Wildman–Crippen LogP) is 4.94. The van der Waals surface area contributed by atoms with Crippen LogP contribution >= 0.6 is 39.8 Å². The summed E-state index contributed by atoms with van der Waals surface area (Å²) in [7, 11) is 0. The summed E-state index contributed by atoms with van der Waals surface area (Å²) < 4.78 is 0. The maximum atomic E-state index is 12.5. The first-order valence-electron chi connectivity index (χ1n) is 7.95. The van der Waals surface area contributed by atoms with E-state index in [-0.39, 0.29) is 5.91 Å². The second kappa shape index (κ2) is 9.43. The van der Waals surface area contributed by atoms with Gasteiger partial charge in [-0.2, -0.15) is 0 Å². The quantitative estimate of drug-likeness (QED) is 0.578. The SMILES string of the molecule is CCN(CC)C(=O)CSP(=S)(c1ccc(Cl)cc1)c1ccc(Cl)cc1. The molecule has 2 rings (SSSR count). The summed E-state index contributed by atoms with van der Waals surface area (Å²) in [6.07, 6.45) is 0. The highest BCUT2D eigenvalue weighted by Crippen LogP contribution is 2.56. The van der Waals surface area contributed by atoms with E-state index in [4.69, 9.17) is 35.0 Å². The normalized spacial score (nSPS) is 11.4. The minimum Gasteiger partial charge on any atom is -0.343 e. The average Bonchev–Trinajstić information content (AvgIpc) is 2.62. The molecular formula is C18H20Cl2NOPS2. The Morgan fingerprint density at radius 1 is 0.960 bits per heavy atom. The van der Waals surface area contributed by atoms with E-state index in [2.05, 4.69) is 0 Å². The van der Waals surface area contributed by atoms with Gasteiger partial charge < -0.3 is 4.90 Å². The summed E-state index contributed by atoms with van der Waals surface area (Å²) in [5.74, 6) is 0.483. The van der Waals surface area contributed by atoms with Crippen molar-refractivity contribution in [3.8, 4) is 0 Å². The number of halogens is 2. The molecule has 0 bridgehead atoms. The molecule has 0 saturated heterocycles. The fourth-order valence-electron chi connectivity index (χ4n) is 2.39. The Hall–Kier alpha value is -0.510. The van der Waals surface area contributed by atoms with Crippen molar-refractivity contribution in [3.05, 3.63) is 58.6 Å². The number of carbonyl (C=O) groups excluding carboxylic acids is 1. The van der Waals surface area contributed by atoms with Gasteiger partial charge in [-0.05, 0) is 48.7 Å². The molecule has 134 valence electrons. The lowest BCUT2D eigenvalue weighted by Crippen LogP contribution is -2.32. The summed E-state index contributed by atoms with van der Waals surface area (Å²) in [5.41, 5.74) is 0. The molecule has 2 nitrogen and oxygen atoms in total. The summed E-state index contributed by atoms with van der Waals surface area (Å²) in [5, 5.41) is 1.22. The summed E-state index contributed by atoms with van der Waals surface area (Å²) in [6.45, 7) is 5.39. The van der Waals surface area contributed by atoms with Crippen molar-refractivity contribution in [1.29, 1.82) is 0 Å². The fraction of sp³-hybridized carbons (Fsp3) is 0.278. The number of hydrogen-bond acceptors (Lipinski definition) is 3. The van der Waals surface area contributed by atoms with Gasteiger partial charge in [-0.15, -0.1) is 11.4 Å². The molecule has 7 heteroatoms. The van der Waals surface area contributed by atoms with E-state index in [0.29, 0.717) is 28.9 Å². The van der Waals surface area contributed by atoms with Crippen molar-refractivity contribution in [2.24, 2.45) is 0 Å².